The van der Waals surface area contributed by atoms with E-state index < -0.39 is 0 Å². The Labute approximate surface area is 82.1 Å². The fourth-order valence-corrected chi connectivity index (χ4v) is 4.37. The van der Waals surface area contributed by atoms with E-state index in [9.17, 15) is 0 Å². The molecule has 0 aromatic heterocycles. The van der Waals surface area contributed by atoms with E-state index in [4.69, 9.17) is 0 Å². The van der Waals surface area contributed by atoms with E-state index in [2.05, 4.69) is 37.0 Å². The smallest absolute Gasteiger partial charge is 0.0171 e. The van der Waals surface area contributed by atoms with E-state index in [1.807, 2.05) is 0 Å². The van der Waals surface area contributed by atoms with E-state index in [1.165, 1.54) is 25.7 Å². The van der Waals surface area contributed by atoms with Crippen LogP contribution in [0.4, 0.5) is 0 Å². The van der Waals surface area contributed by atoms with Crippen LogP contribution in [0.5, 0.6) is 0 Å². The Hall–Kier alpha value is -0.350. The van der Waals surface area contributed by atoms with Crippen molar-refractivity contribution in [3.05, 3.63) is 30.3 Å². The van der Waals surface area contributed by atoms with Gasteiger partial charge in [-0.25, -0.2) is 0 Å². The zero-order chi connectivity index (χ0) is 9.10. The van der Waals surface area contributed by atoms with Crippen molar-refractivity contribution in [1.29, 1.82) is 0 Å². The Morgan fingerprint density at radius 1 is 1.08 bits per heavy atom. The van der Waals surface area contributed by atoms with Crippen LogP contribution in [-0.2, 0) is 0 Å². The van der Waals surface area contributed by atoms with Crippen molar-refractivity contribution in [3.63, 3.8) is 0 Å². The van der Waals surface area contributed by atoms with Gasteiger partial charge in [0.1, 0.15) is 0 Å². The predicted octanol–water partition coefficient (Wildman–Crippen LogP) is 3.37. The van der Waals surface area contributed by atoms with Crippen LogP contribution in [0.2, 0.25) is 0 Å². The summed E-state index contributed by atoms with van der Waals surface area (Å²) in [4.78, 5) is 0. The molecule has 1 aromatic rings. The van der Waals surface area contributed by atoms with Crippen molar-refractivity contribution in [2.75, 3.05) is 6.66 Å². The van der Waals surface area contributed by atoms with Gasteiger partial charge in [0.05, 0.1) is 0 Å². The summed E-state index contributed by atoms with van der Waals surface area (Å²) in [5, 5.41) is 1.59. The predicted molar refractivity (Wildman–Crippen MR) is 61.2 cm³/mol. The van der Waals surface area contributed by atoms with Gasteiger partial charge in [-0.3, -0.25) is 0 Å². The van der Waals surface area contributed by atoms with Gasteiger partial charge >= 0.3 is 0 Å². The molecule has 1 aromatic carbocycles. The van der Waals surface area contributed by atoms with Crippen molar-refractivity contribution in [1.82, 2.24) is 0 Å². The third-order valence-corrected chi connectivity index (χ3v) is 5.76. The molecule has 1 aliphatic carbocycles. The molecule has 0 spiro atoms. The van der Waals surface area contributed by atoms with E-state index >= 15 is 0 Å². The van der Waals surface area contributed by atoms with Crippen LogP contribution in [0.25, 0.3) is 0 Å². The first-order chi connectivity index (χ1) is 6.38. The summed E-state index contributed by atoms with van der Waals surface area (Å²) in [6.07, 6.45) is 5.86. The van der Waals surface area contributed by atoms with Gasteiger partial charge in [0.15, 0.2) is 0 Å². The fourth-order valence-electron chi connectivity index (χ4n) is 2.17. The first kappa shape index (κ1) is 9.21. The Bertz CT molecular complexity index is 249. The molecular formula is C12H17P. The molecule has 0 saturated heterocycles. The molecule has 0 heterocycles. The van der Waals surface area contributed by atoms with Gasteiger partial charge in [0.25, 0.3) is 0 Å². The summed E-state index contributed by atoms with van der Waals surface area (Å²) < 4.78 is 0. The standard InChI is InChI=1S/C12H17P/c1-13(12-9-5-6-10-12)11-7-3-2-4-8-11/h2-4,7-8,12H,5-6,9-10H2,1H3. The Balaban J connectivity index is 2.08. The monoisotopic (exact) mass is 192 g/mol. The molecule has 13 heavy (non-hydrogen) atoms. The first-order valence-electron chi connectivity index (χ1n) is 5.16. The molecular weight excluding hydrogens is 175 g/mol. The Kier molecular flexibility index (Phi) is 3.01. The average molecular weight is 192 g/mol. The van der Waals surface area contributed by atoms with E-state index in [-0.39, 0.29) is 7.92 Å². The second-order valence-corrected chi connectivity index (χ2v) is 6.35. The van der Waals surface area contributed by atoms with Crippen molar-refractivity contribution >= 4 is 13.2 Å². The van der Waals surface area contributed by atoms with Crippen LogP contribution in [0, 0.1) is 0 Å². The molecule has 2 rings (SSSR count). The lowest BCUT2D eigenvalue weighted by atomic mass is 10.4. The van der Waals surface area contributed by atoms with E-state index in [1.54, 1.807) is 5.30 Å². The summed E-state index contributed by atoms with van der Waals surface area (Å²) in [7, 11) is 0.123. The van der Waals surface area contributed by atoms with E-state index in [0.29, 0.717) is 0 Å². The molecule has 1 heteroatoms. The molecule has 1 fully saturated rings. The highest BCUT2D eigenvalue weighted by Crippen LogP contribution is 2.44. The highest BCUT2D eigenvalue weighted by molar-refractivity contribution is 7.65. The summed E-state index contributed by atoms with van der Waals surface area (Å²) >= 11 is 0. The Morgan fingerprint density at radius 3 is 2.31 bits per heavy atom. The molecule has 0 radical (unpaired) electrons. The normalized spacial score (nSPS) is 20.4. The second-order valence-electron chi connectivity index (χ2n) is 3.88. The van der Waals surface area contributed by atoms with Gasteiger partial charge < -0.3 is 0 Å². The summed E-state index contributed by atoms with van der Waals surface area (Å²) in [5.41, 5.74) is 1.01. The lowest BCUT2D eigenvalue weighted by molar-refractivity contribution is 0.886. The summed E-state index contributed by atoms with van der Waals surface area (Å²) in [6.45, 7) is 2.45. The highest BCUT2D eigenvalue weighted by atomic mass is 31.1. The van der Waals surface area contributed by atoms with Crippen molar-refractivity contribution in [2.45, 2.75) is 31.3 Å². The number of rotatable bonds is 2. The minimum Gasteiger partial charge on any atom is -0.0753 e. The van der Waals surface area contributed by atoms with Gasteiger partial charge in [-0.05, 0) is 30.5 Å². The molecule has 1 unspecified atom stereocenters. The van der Waals surface area contributed by atoms with Crippen LogP contribution in [-0.4, -0.2) is 12.3 Å². The minimum absolute atomic E-state index is 0.123. The number of benzene rings is 1. The van der Waals surface area contributed by atoms with Crippen molar-refractivity contribution in [2.24, 2.45) is 0 Å². The van der Waals surface area contributed by atoms with Gasteiger partial charge in [0, 0.05) is 0 Å². The quantitative estimate of drug-likeness (QED) is 0.630. The van der Waals surface area contributed by atoms with Crippen molar-refractivity contribution < 1.29 is 0 Å². The Morgan fingerprint density at radius 2 is 1.69 bits per heavy atom. The molecule has 1 atom stereocenters. The number of hydrogen-bond acceptors (Lipinski definition) is 0. The van der Waals surface area contributed by atoms with Gasteiger partial charge in [0.2, 0.25) is 0 Å². The van der Waals surface area contributed by atoms with Crippen LogP contribution in [0.1, 0.15) is 25.7 Å². The topological polar surface area (TPSA) is 0 Å². The van der Waals surface area contributed by atoms with Gasteiger partial charge in [-0.2, -0.15) is 0 Å². The maximum Gasteiger partial charge on any atom is -0.0171 e. The SMILES string of the molecule is CP(c1ccccc1)C1CCCC1. The average Bonchev–Trinajstić information content (AvgIpc) is 2.71. The van der Waals surface area contributed by atoms with Gasteiger partial charge in [-0.15, -0.1) is 0 Å². The van der Waals surface area contributed by atoms with Crippen molar-refractivity contribution in [3.8, 4) is 0 Å². The van der Waals surface area contributed by atoms with Crippen LogP contribution in [0.15, 0.2) is 30.3 Å². The van der Waals surface area contributed by atoms with E-state index in [0.717, 1.165) is 5.66 Å². The molecule has 0 aliphatic heterocycles. The molecule has 0 N–H and O–H groups in total. The van der Waals surface area contributed by atoms with Crippen LogP contribution < -0.4 is 5.30 Å². The highest BCUT2D eigenvalue weighted by Gasteiger charge is 2.21. The van der Waals surface area contributed by atoms with Gasteiger partial charge in [-0.1, -0.05) is 51.1 Å². The lowest BCUT2D eigenvalue weighted by Crippen LogP contribution is -2.08. The molecule has 1 aliphatic rings. The first-order valence-corrected chi connectivity index (χ1v) is 7.01. The third-order valence-electron chi connectivity index (χ3n) is 3.04. The molecule has 0 bridgehead atoms. The maximum atomic E-state index is 2.45. The molecule has 1 saturated carbocycles. The van der Waals surface area contributed by atoms with Crippen LogP contribution in [0.3, 0.4) is 0 Å². The van der Waals surface area contributed by atoms with Crippen LogP contribution >= 0.6 is 7.92 Å². The fraction of sp³-hybridized carbons (Fsp3) is 0.500. The largest absolute Gasteiger partial charge is 0.0753 e. The maximum absolute atomic E-state index is 2.45. The molecule has 0 amide bonds. The summed E-state index contributed by atoms with van der Waals surface area (Å²) in [6, 6.07) is 11.0. The third kappa shape index (κ3) is 2.11. The summed E-state index contributed by atoms with van der Waals surface area (Å²) in [5.74, 6) is 0. The second kappa shape index (κ2) is 4.24. The minimum atomic E-state index is 0.123. The lowest BCUT2D eigenvalue weighted by Gasteiger charge is -2.19. The zero-order valence-electron chi connectivity index (χ0n) is 8.24. The number of hydrogen-bond donors (Lipinski definition) is 0. The molecule has 70 valence electrons. The molecule has 0 nitrogen and oxygen atoms in total. The zero-order valence-corrected chi connectivity index (χ0v) is 9.13.